The maximum Gasteiger partial charge on any atom is 0.270 e. The number of nitro benzene ring substituents is 1. The molecule has 0 aromatic heterocycles. The number of hydrogen-bond acceptors (Lipinski definition) is 4. The molecule has 25 heavy (non-hydrogen) atoms. The zero-order valence-electron chi connectivity index (χ0n) is 13.7. The molecule has 0 saturated carbocycles. The van der Waals surface area contributed by atoms with Gasteiger partial charge in [0.1, 0.15) is 0 Å². The van der Waals surface area contributed by atoms with Gasteiger partial charge in [-0.2, -0.15) is 12.1 Å². The van der Waals surface area contributed by atoms with E-state index < -0.39 is 4.92 Å². The first-order valence-corrected chi connectivity index (χ1v) is 8.71. The van der Waals surface area contributed by atoms with Gasteiger partial charge in [0, 0.05) is 29.3 Å². The summed E-state index contributed by atoms with van der Waals surface area (Å²) in [6.45, 7) is 2.03. The van der Waals surface area contributed by atoms with Crippen LogP contribution in [0.3, 0.4) is 0 Å². The third kappa shape index (κ3) is 4.39. The molecule has 0 amide bonds. The Hall–Kier alpha value is -2.79. The van der Waals surface area contributed by atoms with E-state index in [1.165, 1.54) is 21.9 Å². The van der Waals surface area contributed by atoms with Gasteiger partial charge in [-0.05, 0) is 24.6 Å². The quantitative estimate of drug-likeness (QED) is 0.250. The average molecular weight is 349 g/mol. The Morgan fingerprint density at radius 3 is 2.68 bits per heavy atom. The highest BCUT2D eigenvalue weighted by atomic mass is 32.2. The van der Waals surface area contributed by atoms with Gasteiger partial charge in [-0.15, -0.1) is 22.2 Å². The summed E-state index contributed by atoms with van der Waals surface area (Å²) in [7, 11) is 0. The molecule has 0 bridgehead atoms. The van der Waals surface area contributed by atoms with E-state index in [4.69, 9.17) is 0 Å². The second-order valence-electron chi connectivity index (χ2n) is 5.57. The van der Waals surface area contributed by atoms with Crippen molar-refractivity contribution in [2.24, 2.45) is 4.99 Å². The number of nitro groups is 1. The maximum absolute atomic E-state index is 10.9. The van der Waals surface area contributed by atoms with Gasteiger partial charge in [0.2, 0.25) is 0 Å². The number of non-ortho nitro benzene ring substituents is 1. The molecule has 0 aliphatic heterocycles. The highest BCUT2D eigenvalue weighted by Gasteiger charge is 2.06. The molecule has 1 atom stereocenters. The Balaban J connectivity index is 1.76. The molecule has 0 fully saturated rings. The van der Waals surface area contributed by atoms with Gasteiger partial charge < -0.3 is 0 Å². The molecule has 0 radical (unpaired) electrons. The van der Waals surface area contributed by atoms with E-state index in [1.807, 2.05) is 37.3 Å². The zero-order chi connectivity index (χ0) is 17.6. The summed E-state index contributed by atoms with van der Waals surface area (Å²) in [4.78, 5) is 17.4. The van der Waals surface area contributed by atoms with Crippen LogP contribution in [0.25, 0.3) is 0 Å². The fraction of sp³-hybridized carbons (Fsp3) is 0.100. The van der Waals surface area contributed by atoms with E-state index in [0.717, 1.165) is 11.1 Å². The Kier molecular flexibility index (Phi) is 5.36. The first-order chi connectivity index (χ1) is 12.1. The molecule has 0 spiro atoms. The molecule has 4 nitrogen and oxygen atoms in total. The summed E-state index contributed by atoms with van der Waals surface area (Å²) in [5.74, 6) is 0. The summed E-state index contributed by atoms with van der Waals surface area (Å²) < 4.78 is 0. The standard InChI is InChI=1S/C20H17N2O2S/c1-15(21-14-16-7-5-8-17(13-16)22(23)24)19-11-6-12-20(19)25-18-9-3-2-4-10-18/h2-15H,1H3/q-1/t15-/m1/s1. The Morgan fingerprint density at radius 1 is 1.12 bits per heavy atom. The fourth-order valence-electron chi connectivity index (χ4n) is 2.47. The number of nitrogens with zero attached hydrogens (tertiary/aromatic N) is 2. The van der Waals surface area contributed by atoms with Crippen LogP contribution in [-0.2, 0) is 0 Å². The van der Waals surface area contributed by atoms with E-state index in [0.29, 0.717) is 0 Å². The van der Waals surface area contributed by atoms with Crippen molar-refractivity contribution in [1.82, 2.24) is 0 Å². The molecule has 0 heterocycles. The highest BCUT2D eigenvalue weighted by Crippen LogP contribution is 2.35. The van der Waals surface area contributed by atoms with E-state index in [1.54, 1.807) is 24.0 Å². The van der Waals surface area contributed by atoms with Gasteiger partial charge >= 0.3 is 0 Å². The maximum atomic E-state index is 10.9. The van der Waals surface area contributed by atoms with Crippen molar-refractivity contribution in [2.75, 3.05) is 0 Å². The van der Waals surface area contributed by atoms with Crippen LogP contribution in [0.2, 0.25) is 0 Å². The Morgan fingerprint density at radius 2 is 1.92 bits per heavy atom. The van der Waals surface area contributed by atoms with Crippen LogP contribution in [0.1, 0.15) is 24.1 Å². The molecule has 0 aliphatic rings. The molecular formula is C20H17N2O2S-. The van der Waals surface area contributed by atoms with Crippen LogP contribution in [-0.4, -0.2) is 11.1 Å². The van der Waals surface area contributed by atoms with Crippen molar-refractivity contribution in [2.45, 2.75) is 22.8 Å². The number of rotatable bonds is 6. The highest BCUT2D eigenvalue weighted by molar-refractivity contribution is 7.99. The van der Waals surface area contributed by atoms with E-state index in [-0.39, 0.29) is 11.7 Å². The third-order valence-corrected chi connectivity index (χ3v) is 4.86. The topological polar surface area (TPSA) is 55.5 Å². The number of benzene rings is 2. The lowest BCUT2D eigenvalue weighted by atomic mass is 10.2. The molecule has 5 heteroatoms. The van der Waals surface area contributed by atoms with Crippen LogP contribution < -0.4 is 0 Å². The zero-order valence-corrected chi connectivity index (χ0v) is 14.5. The van der Waals surface area contributed by atoms with Crippen LogP contribution in [0.15, 0.2) is 87.6 Å². The molecule has 0 unspecified atom stereocenters. The largest absolute Gasteiger partial charge is 0.297 e. The summed E-state index contributed by atoms with van der Waals surface area (Å²) in [6.07, 6.45) is 1.70. The lowest BCUT2D eigenvalue weighted by molar-refractivity contribution is -0.384. The minimum atomic E-state index is -0.396. The van der Waals surface area contributed by atoms with Gasteiger partial charge in [0.25, 0.3) is 5.69 Å². The normalized spacial score (nSPS) is 12.4. The summed E-state index contributed by atoms with van der Waals surface area (Å²) in [5, 5.41) is 10.9. The van der Waals surface area contributed by atoms with Gasteiger partial charge in [-0.25, -0.2) is 6.07 Å². The smallest absolute Gasteiger partial charge is 0.270 e. The monoisotopic (exact) mass is 349 g/mol. The molecule has 0 saturated heterocycles. The minimum Gasteiger partial charge on any atom is -0.297 e. The third-order valence-electron chi connectivity index (χ3n) is 3.76. The van der Waals surface area contributed by atoms with Crippen molar-refractivity contribution in [3.63, 3.8) is 0 Å². The predicted octanol–water partition coefficient (Wildman–Crippen LogP) is 5.65. The van der Waals surface area contributed by atoms with Crippen LogP contribution in [0.5, 0.6) is 0 Å². The molecule has 3 aromatic rings. The summed E-state index contributed by atoms with van der Waals surface area (Å²) in [5.41, 5.74) is 1.95. The van der Waals surface area contributed by atoms with E-state index in [9.17, 15) is 10.1 Å². The van der Waals surface area contributed by atoms with Crippen LogP contribution in [0, 0.1) is 10.1 Å². The summed E-state index contributed by atoms with van der Waals surface area (Å²) in [6, 6.07) is 22.9. The molecular weight excluding hydrogens is 332 g/mol. The molecule has 0 N–H and O–H groups in total. The van der Waals surface area contributed by atoms with Crippen molar-refractivity contribution in [1.29, 1.82) is 0 Å². The first-order valence-electron chi connectivity index (χ1n) is 7.89. The van der Waals surface area contributed by atoms with Crippen molar-refractivity contribution in [3.8, 4) is 0 Å². The lowest BCUT2D eigenvalue weighted by Crippen LogP contribution is -1.93. The van der Waals surface area contributed by atoms with Gasteiger partial charge in [-0.1, -0.05) is 30.3 Å². The first kappa shape index (κ1) is 17.0. The lowest BCUT2D eigenvalue weighted by Gasteiger charge is -2.15. The number of aliphatic imine (C=N–C) groups is 1. The minimum absolute atomic E-state index is 0.0273. The molecule has 3 aromatic carbocycles. The predicted molar refractivity (Wildman–Crippen MR) is 102 cm³/mol. The van der Waals surface area contributed by atoms with Gasteiger partial charge in [0.15, 0.2) is 0 Å². The van der Waals surface area contributed by atoms with Crippen molar-refractivity contribution in [3.05, 3.63) is 94.0 Å². The van der Waals surface area contributed by atoms with E-state index in [2.05, 4.69) is 29.3 Å². The molecule has 126 valence electrons. The van der Waals surface area contributed by atoms with Gasteiger partial charge in [-0.3, -0.25) is 15.1 Å². The number of hydrogen-bond donors (Lipinski definition) is 0. The Bertz CT molecular complexity index is 887. The van der Waals surface area contributed by atoms with E-state index >= 15 is 0 Å². The second kappa shape index (κ2) is 7.85. The second-order valence-corrected chi connectivity index (χ2v) is 6.68. The van der Waals surface area contributed by atoms with Crippen LogP contribution in [0.4, 0.5) is 5.69 Å². The van der Waals surface area contributed by atoms with Crippen molar-refractivity contribution < 1.29 is 4.92 Å². The molecule has 3 rings (SSSR count). The van der Waals surface area contributed by atoms with Crippen LogP contribution >= 0.6 is 11.8 Å². The fourth-order valence-corrected chi connectivity index (χ4v) is 3.52. The average Bonchev–Trinajstić information content (AvgIpc) is 3.09. The molecule has 0 aliphatic carbocycles. The SMILES string of the molecule is C[C@@H](N=Cc1cccc([N+](=O)[O-])c1)[c-]1cccc1Sc1ccccc1. The van der Waals surface area contributed by atoms with Crippen molar-refractivity contribution >= 4 is 23.7 Å². The van der Waals surface area contributed by atoms with Gasteiger partial charge in [0.05, 0.1) is 4.92 Å². The summed E-state index contributed by atoms with van der Waals surface area (Å²) >= 11 is 1.71. The Labute approximate surface area is 150 Å².